The number of hydrogen-bond donors (Lipinski definition) is 1. The van der Waals surface area contributed by atoms with Crippen molar-refractivity contribution in [3.63, 3.8) is 0 Å². The summed E-state index contributed by atoms with van der Waals surface area (Å²) in [5.74, 6) is 1.14. The van der Waals surface area contributed by atoms with Gasteiger partial charge in [-0.15, -0.1) is 5.10 Å². The van der Waals surface area contributed by atoms with E-state index in [0.717, 1.165) is 17.0 Å². The second-order valence-corrected chi connectivity index (χ2v) is 5.95. The molecule has 1 amide bonds. The van der Waals surface area contributed by atoms with Gasteiger partial charge in [0.15, 0.2) is 17.2 Å². The Morgan fingerprint density at radius 2 is 1.88 bits per heavy atom. The highest BCUT2D eigenvalue weighted by molar-refractivity contribution is 5.92. The third kappa shape index (κ3) is 3.23. The Balaban J connectivity index is 1.47. The highest BCUT2D eigenvalue weighted by Crippen LogP contribution is 2.32. The number of rotatable bonds is 4. The Labute approximate surface area is 150 Å². The van der Waals surface area contributed by atoms with Crippen LogP contribution in [0.5, 0.6) is 11.5 Å². The second kappa shape index (κ2) is 6.87. The lowest BCUT2D eigenvalue weighted by Gasteiger charge is -2.20. The largest absolute Gasteiger partial charge is 0.486 e. The Bertz CT molecular complexity index is 924. The van der Waals surface area contributed by atoms with Crippen molar-refractivity contribution in [2.45, 2.75) is 13.0 Å². The number of carbonyl (C=O) groups excluding carboxylic acids is 1. The molecule has 1 atom stereocenters. The maximum Gasteiger partial charge on any atom is 0.273 e. The Morgan fingerprint density at radius 1 is 1.12 bits per heavy atom. The van der Waals surface area contributed by atoms with Crippen LogP contribution in [0.3, 0.4) is 0 Å². The van der Waals surface area contributed by atoms with E-state index in [1.807, 2.05) is 55.5 Å². The normalized spacial score (nSPS) is 13.9. The second-order valence-electron chi connectivity index (χ2n) is 5.95. The van der Waals surface area contributed by atoms with Crippen molar-refractivity contribution in [1.29, 1.82) is 0 Å². The van der Waals surface area contributed by atoms with Gasteiger partial charge in [-0.1, -0.05) is 24.3 Å². The van der Waals surface area contributed by atoms with Gasteiger partial charge in [0.25, 0.3) is 5.91 Å². The van der Waals surface area contributed by atoms with Gasteiger partial charge in [0.2, 0.25) is 0 Å². The maximum absolute atomic E-state index is 12.5. The fourth-order valence-electron chi connectivity index (χ4n) is 2.74. The molecule has 0 bridgehead atoms. The number of benzene rings is 2. The van der Waals surface area contributed by atoms with E-state index in [9.17, 15) is 4.79 Å². The molecule has 132 valence electrons. The molecule has 0 saturated carbocycles. The summed E-state index contributed by atoms with van der Waals surface area (Å²) in [7, 11) is 0. The van der Waals surface area contributed by atoms with Crippen LogP contribution in [0.4, 0.5) is 0 Å². The molecule has 7 nitrogen and oxygen atoms in total. The van der Waals surface area contributed by atoms with Crippen LogP contribution in [0.2, 0.25) is 0 Å². The third-order valence-electron chi connectivity index (χ3n) is 4.13. The first kappa shape index (κ1) is 16.1. The average molecular weight is 350 g/mol. The van der Waals surface area contributed by atoms with Crippen molar-refractivity contribution in [3.05, 3.63) is 66.0 Å². The van der Waals surface area contributed by atoms with Gasteiger partial charge >= 0.3 is 0 Å². The molecular weight excluding hydrogens is 332 g/mol. The molecular formula is C19H18N4O3. The van der Waals surface area contributed by atoms with Gasteiger partial charge in [0.1, 0.15) is 13.2 Å². The number of para-hydroxylation sites is 1. The quantitative estimate of drug-likeness (QED) is 0.782. The van der Waals surface area contributed by atoms with E-state index >= 15 is 0 Å². The minimum absolute atomic E-state index is 0.208. The number of amides is 1. The molecule has 2 aromatic carbocycles. The number of carbonyl (C=O) groups is 1. The van der Waals surface area contributed by atoms with E-state index in [1.54, 1.807) is 0 Å². The van der Waals surface area contributed by atoms with Crippen molar-refractivity contribution in [2.75, 3.05) is 13.2 Å². The summed E-state index contributed by atoms with van der Waals surface area (Å²) in [6.07, 6.45) is 1.46. The first-order valence-electron chi connectivity index (χ1n) is 8.39. The first-order chi connectivity index (χ1) is 12.7. The molecule has 2 heterocycles. The molecule has 1 unspecified atom stereocenters. The van der Waals surface area contributed by atoms with E-state index in [1.165, 1.54) is 11.0 Å². The Kier molecular flexibility index (Phi) is 4.27. The fraction of sp³-hybridized carbons (Fsp3) is 0.211. The number of hydrogen-bond acceptors (Lipinski definition) is 5. The topological polar surface area (TPSA) is 78.3 Å². The number of nitrogens with zero attached hydrogens (tertiary/aromatic N) is 3. The Hall–Kier alpha value is -3.35. The van der Waals surface area contributed by atoms with Gasteiger partial charge < -0.3 is 14.8 Å². The summed E-state index contributed by atoms with van der Waals surface area (Å²) < 4.78 is 11.1. The van der Waals surface area contributed by atoms with Gasteiger partial charge in [-0.25, -0.2) is 0 Å². The minimum Gasteiger partial charge on any atom is -0.486 e. The zero-order valence-corrected chi connectivity index (χ0v) is 14.3. The number of aromatic nitrogens is 3. The molecule has 0 fully saturated rings. The zero-order chi connectivity index (χ0) is 17.9. The van der Waals surface area contributed by atoms with Crippen LogP contribution in [0.25, 0.3) is 5.69 Å². The van der Waals surface area contributed by atoms with Gasteiger partial charge in [-0.05, 0) is 36.8 Å². The number of nitrogens with one attached hydrogen (secondary N) is 1. The number of ether oxygens (including phenoxy) is 2. The molecule has 7 heteroatoms. The van der Waals surface area contributed by atoms with E-state index in [0.29, 0.717) is 19.0 Å². The minimum atomic E-state index is -0.283. The fourth-order valence-corrected chi connectivity index (χ4v) is 2.74. The summed E-state index contributed by atoms with van der Waals surface area (Å²) in [6, 6.07) is 14.9. The van der Waals surface area contributed by atoms with Crippen LogP contribution >= 0.6 is 0 Å². The molecule has 0 saturated heterocycles. The highest BCUT2D eigenvalue weighted by atomic mass is 16.6. The van der Waals surface area contributed by atoms with Crippen LogP contribution in [0, 0.1) is 0 Å². The average Bonchev–Trinajstić information content (AvgIpc) is 3.18. The van der Waals surface area contributed by atoms with Gasteiger partial charge in [0, 0.05) is 0 Å². The van der Waals surface area contributed by atoms with Gasteiger partial charge in [0.05, 0.1) is 17.9 Å². The molecule has 1 aromatic heterocycles. The first-order valence-corrected chi connectivity index (χ1v) is 8.39. The summed E-state index contributed by atoms with van der Waals surface area (Å²) >= 11 is 0. The molecule has 1 aliphatic rings. The van der Waals surface area contributed by atoms with E-state index in [-0.39, 0.29) is 17.6 Å². The van der Waals surface area contributed by atoms with Crippen LogP contribution < -0.4 is 14.8 Å². The molecule has 26 heavy (non-hydrogen) atoms. The number of fused-ring (bicyclic) bond motifs is 1. The van der Waals surface area contributed by atoms with Crippen LogP contribution in [0.15, 0.2) is 54.7 Å². The molecule has 0 aliphatic carbocycles. The van der Waals surface area contributed by atoms with Crippen molar-refractivity contribution in [3.8, 4) is 17.2 Å². The lowest BCUT2D eigenvalue weighted by Crippen LogP contribution is -2.27. The van der Waals surface area contributed by atoms with Crippen LogP contribution in [0.1, 0.15) is 29.0 Å². The third-order valence-corrected chi connectivity index (χ3v) is 4.13. The monoisotopic (exact) mass is 350 g/mol. The standard InChI is InChI=1S/C19H18N4O3/c1-13(14-7-8-17-18(11-14)26-10-9-25-17)21-19(24)16-12-20-23(22-16)15-5-3-2-4-6-15/h2-8,11-13H,9-10H2,1H3,(H,21,24). The lowest BCUT2D eigenvalue weighted by molar-refractivity contribution is 0.0934. The van der Waals surface area contributed by atoms with Crippen LogP contribution in [-0.4, -0.2) is 34.1 Å². The SMILES string of the molecule is CC(NC(=O)c1cnn(-c2ccccc2)n1)c1ccc2c(c1)OCCO2. The maximum atomic E-state index is 12.5. The molecule has 4 rings (SSSR count). The summed E-state index contributed by atoms with van der Waals surface area (Å²) in [5.41, 5.74) is 1.99. The highest BCUT2D eigenvalue weighted by Gasteiger charge is 2.18. The van der Waals surface area contributed by atoms with Crippen molar-refractivity contribution in [1.82, 2.24) is 20.3 Å². The molecule has 1 aliphatic heterocycles. The smallest absolute Gasteiger partial charge is 0.273 e. The van der Waals surface area contributed by atoms with E-state index in [2.05, 4.69) is 15.5 Å². The zero-order valence-electron chi connectivity index (χ0n) is 14.3. The van der Waals surface area contributed by atoms with Crippen molar-refractivity contribution in [2.24, 2.45) is 0 Å². The molecule has 0 spiro atoms. The lowest BCUT2D eigenvalue weighted by atomic mass is 10.1. The van der Waals surface area contributed by atoms with Gasteiger partial charge in [-0.2, -0.15) is 9.90 Å². The predicted molar refractivity (Wildman–Crippen MR) is 94.7 cm³/mol. The summed E-state index contributed by atoms with van der Waals surface area (Å²) in [6.45, 7) is 2.99. The molecule has 0 radical (unpaired) electrons. The van der Waals surface area contributed by atoms with Crippen LogP contribution in [-0.2, 0) is 0 Å². The van der Waals surface area contributed by atoms with Gasteiger partial charge in [-0.3, -0.25) is 4.79 Å². The summed E-state index contributed by atoms with van der Waals surface area (Å²) in [4.78, 5) is 13.9. The van der Waals surface area contributed by atoms with E-state index in [4.69, 9.17) is 9.47 Å². The summed E-state index contributed by atoms with van der Waals surface area (Å²) in [5, 5.41) is 11.3. The van der Waals surface area contributed by atoms with E-state index < -0.39 is 0 Å². The predicted octanol–water partition coefficient (Wildman–Crippen LogP) is 2.53. The molecule has 3 aromatic rings. The van der Waals surface area contributed by atoms with Crippen molar-refractivity contribution >= 4 is 5.91 Å². The Morgan fingerprint density at radius 3 is 2.69 bits per heavy atom. The molecule has 1 N–H and O–H groups in total. The van der Waals surface area contributed by atoms with Crippen molar-refractivity contribution < 1.29 is 14.3 Å².